The second-order valence-electron chi connectivity index (χ2n) is 5.05. The number of ether oxygens (including phenoxy) is 2. The number of halogens is 1. The number of hydrogen-bond acceptors (Lipinski definition) is 4. The minimum Gasteiger partial charge on any atom is -0.496 e. The monoisotopic (exact) mass is 331 g/mol. The van der Waals surface area contributed by atoms with Gasteiger partial charge in [-0.05, 0) is 23.8 Å². The third kappa shape index (κ3) is 4.10. The Bertz CT molecular complexity index is 732. The highest BCUT2D eigenvalue weighted by Crippen LogP contribution is 2.18. The van der Waals surface area contributed by atoms with Crippen molar-refractivity contribution in [1.82, 2.24) is 5.32 Å². The molecule has 0 radical (unpaired) electrons. The van der Waals surface area contributed by atoms with E-state index >= 15 is 0 Å². The normalized spacial score (nSPS) is 11.5. The van der Waals surface area contributed by atoms with Crippen molar-refractivity contribution in [3.05, 3.63) is 65.5 Å². The molecule has 2 aromatic rings. The van der Waals surface area contributed by atoms with Gasteiger partial charge >= 0.3 is 5.97 Å². The van der Waals surface area contributed by atoms with Crippen LogP contribution in [0.25, 0.3) is 0 Å². The molecular formula is C18H18FNO4. The molecule has 0 heterocycles. The second kappa shape index (κ2) is 8.10. The lowest BCUT2D eigenvalue weighted by molar-refractivity contribution is -0.142. The van der Waals surface area contributed by atoms with Crippen LogP contribution in [0.5, 0.6) is 5.75 Å². The Labute approximate surface area is 139 Å². The first-order valence-corrected chi connectivity index (χ1v) is 7.32. The quantitative estimate of drug-likeness (QED) is 0.825. The summed E-state index contributed by atoms with van der Waals surface area (Å²) in [7, 11) is 2.66. The lowest BCUT2D eigenvalue weighted by Gasteiger charge is -2.18. The van der Waals surface area contributed by atoms with E-state index in [1.165, 1.54) is 20.3 Å². The molecule has 5 nitrogen and oxygen atoms in total. The van der Waals surface area contributed by atoms with Crippen molar-refractivity contribution in [3.8, 4) is 5.75 Å². The molecule has 6 heteroatoms. The minimum atomic E-state index is -1.01. The molecule has 2 rings (SSSR count). The van der Waals surface area contributed by atoms with Gasteiger partial charge in [-0.25, -0.2) is 9.18 Å². The molecule has 0 bridgehead atoms. The number of rotatable bonds is 6. The van der Waals surface area contributed by atoms with Gasteiger partial charge in [0.05, 0.1) is 19.8 Å². The highest BCUT2D eigenvalue weighted by molar-refractivity contribution is 5.99. The Morgan fingerprint density at radius 2 is 1.75 bits per heavy atom. The largest absolute Gasteiger partial charge is 0.496 e. The topological polar surface area (TPSA) is 64.6 Å². The van der Waals surface area contributed by atoms with Gasteiger partial charge in [0, 0.05) is 6.42 Å². The van der Waals surface area contributed by atoms with Gasteiger partial charge in [0.25, 0.3) is 5.91 Å². The lowest BCUT2D eigenvalue weighted by atomic mass is 10.0. The number of esters is 1. The van der Waals surface area contributed by atoms with E-state index in [4.69, 9.17) is 9.47 Å². The van der Waals surface area contributed by atoms with E-state index in [2.05, 4.69) is 5.32 Å². The molecule has 0 aliphatic heterocycles. The van der Waals surface area contributed by atoms with Gasteiger partial charge in [-0.1, -0.05) is 30.3 Å². The number of carbonyl (C=O) groups is 2. The standard InChI is InChI=1S/C18H18FNO4/c1-23-16-10-6-4-8-13(16)17(21)20-15(18(22)24-2)11-12-7-3-5-9-14(12)19/h3-10,15H,11H2,1-2H3,(H,20,21)/t15-/m1/s1. The molecule has 0 aliphatic rings. The van der Waals surface area contributed by atoms with Crippen molar-refractivity contribution < 1.29 is 23.5 Å². The maximum absolute atomic E-state index is 13.8. The summed E-state index contributed by atoms with van der Waals surface area (Å²) in [6.07, 6.45) is -0.0137. The van der Waals surface area contributed by atoms with Crippen LogP contribution in [0.2, 0.25) is 0 Å². The zero-order valence-corrected chi connectivity index (χ0v) is 13.4. The summed E-state index contributed by atoms with van der Waals surface area (Å²) in [4.78, 5) is 24.4. The summed E-state index contributed by atoms with van der Waals surface area (Å²) in [5, 5.41) is 2.57. The molecule has 1 N–H and O–H groups in total. The molecule has 0 fully saturated rings. The van der Waals surface area contributed by atoms with Crippen molar-refractivity contribution in [1.29, 1.82) is 0 Å². The van der Waals surface area contributed by atoms with E-state index in [9.17, 15) is 14.0 Å². The molecule has 1 atom stereocenters. The van der Waals surface area contributed by atoms with Gasteiger partial charge in [-0.15, -0.1) is 0 Å². The maximum Gasteiger partial charge on any atom is 0.328 e. The van der Waals surface area contributed by atoms with Crippen molar-refractivity contribution in [2.75, 3.05) is 14.2 Å². The van der Waals surface area contributed by atoms with Crippen LogP contribution in [0.1, 0.15) is 15.9 Å². The highest BCUT2D eigenvalue weighted by atomic mass is 19.1. The molecule has 0 unspecified atom stereocenters. The number of methoxy groups -OCH3 is 2. The average molecular weight is 331 g/mol. The number of nitrogens with one attached hydrogen (secondary N) is 1. The van der Waals surface area contributed by atoms with Crippen molar-refractivity contribution in [2.45, 2.75) is 12.5 Å². The van der Waals surface area contributed by atoms with Gasteiger partial charge < -0.3 is 14.8 Å². The highest BCUT2D eigenvalue weighted by Gasteiger charge is 2.24. The predicted octanol–water partition coefficient (Wildman–Crippen LogP) is 2.35. The van der Waals surface area contributed by atoms with Gasteiger partial charge in [-0.2, -0.15) is 0 Å². The van der Waals surface area contributed by atoms with E-state index in [-0.39, 0.29) is 12.0 Å². The zero-order valence-electron chi connectivity index (χ0n) is 13.4. The first kappa shape index (κ1) is 17.5. The van der Waals surface area contributed by atoms with Gasteiger partial charge in [0.2, 0.25) is 0 Å². The summed E-state index contributed by atoms with van der Waals surface area (Å²) < 4.78 is 23.7. The second-order valence-corrected chi connectivity index (χ2v) is 5.05. The molecule has 126 valence electrons. The third-order valence-electron chi connectivity index (χ3n) is 3.52. The molecule has 0 saturated heterocycles. The third-order valence-corrected chi connectivity index (χ3v) is 3.52. The Hall–Kier alpha value is -2.89. The molecule has 0 saturated carbocycles. The number of carbonyl (C=O) groups excluding carboxylic acids is 2. The Balaban J connectivity index is 2.21. The van der Waals surface area contributed by atoms with Gasteiger partial charge in [0.1, 0.15) is 17.6 Å². The molecule has 0 spiro atoms. The predicted molar refractivity (Wildman–Crippen MR) is 86.4 cm³/mol. The van der Waals surface area contributed by atoms with Crippen molar-refractivity contribution >= 4 is 11.9 Å². The fraction of sp³-hybridized carbons (Fsp3) is 0.222. The molecule has 1 amide bonds. The molecule has 0 aromatic heterocycles. The SMILES string of the molecule is COC(=O)[C@@H](Cc1ccccc1F)NC(=O)c1ccccc1OC. The molecule has 0 aliphatic carbocycles. The van der Waals surface area contributed by atoms with E-state index < -0.39 is 23.7 Å². The van der Waals surface area contributed by atoms with Gasteiger partial charge in [-0.3, -0.25) is 4.79 Å². The number of amides is 1. The Kier molecular flexibility index (Phi) is 5.89. The fourth-order valence-corrected chi connectivity index (χ4v) is 2.29. The maximum atomic E-state index is 13.8. The van der Waals surface area contributed by atoms with Crippen molar-refractivity contribution in [2.24, 2.45) is 0 Å². The summed E-state index contributed by atoms with van der Waals surface area (Å²) in [5.74, 6) is -1.22. The van der Waals surface area contributed by atoms with Crippen LogP contribution in [-0.4, -0.2) is 32.1 Å². The summed E-state index contributed by atoms with van der Waals surface area (Å²) >= 11 is 0. The first-order valence-electron chi connectivity index (χ1n) is 7.32. The molecular weight excluding hydrogens is 313 g/mol. The summed E-state index contributed by atoms with van der Waals surface area (Å²) in [5.41, 5.74) is 0.593. The van der Waals surface area contributed by atoms with E-state index in [0.29, 0.717) is 11.3 Å². The van der Waals surface area contributed by atoms with Crippen LogP contribution in [0.3, 0.4) is 0 Å². The summed E-state index contributed by atoms with van der Waals surface area (Å²) in [6, 6.07) is 11.7. The van der Waals surface area contributed by atoms with Crippen LogP contribution in [0, 0.1) is 5.82 Å². The first-order chi connectivity index (χ1) is 11.6. The Morgan fingerprint density at radius 1 is 1.08 bits per heavy atom. The van der Waals surface area contributed by atoms with Crippen LogP contribution in [-0.2, 0) is 16.0 Å². The van der Waals surface area contributed by atoms with Crippen LogP contribution < -0.4 is 10.1 Å². The Morgan fingerprint density at radius 3 is 2.42 bits per heavy atom. The molecule has 24 heavy (non-hydrogen) atoms. The van der Waals surface area contributed by atoms with E-state index in [1.54, 1.807) is 42.5 Å². The van der Waals surface area contributed by atoms with Crippen LogP contribution >= 0.6 is 0 Å². The smallest absolute Gasteiger partial charge is 0.328 e. The minimum absolute atomic E-state index is 0.0137. The van der Waals surface area contributed by atoms with Crippen LogP contribution in [0.15, 0.2) is 48.5 Å². The molecule has 2 aromatic carbocycles. The fourth-order valence-electron chi connectivity index (χ4n) is 2.29. The van der Waals surface area contributed by atoms with E-state index in [1.807, 2.05) is 0 Å². The van der Waals surface area contributed by atoms with Crippen molar-refractivity contribution in [3.63, 3.8) is 0 Å². The lowest BCUT2D eigenvalue weighted by Crippen LogP contribution is -2.43. The van der Waals surface area contributed by atoms with E-state index in [0.717, 1.165) is 0 Å². The average Bonchev–Trinajstić information content (AvgIpc) is 2.62. The number of benzene rings is 2. The van der Waals surface area contributed by atoms with Gasteiger partial charge in [0.15, 0.2) is 0 Å². The number of para-hydroxylation sites is 1. The number of hydrogen-bond donors (Lipinski definition) is 1. The van der Waals surface area contributed by atoms with Crippen LogP contribution in [0.4, 0.5) is 4.39 Å². The zero-order chi connectivity index (χ0) is 17.5. The summed E-state index contributed by atoms with van der Waals surface area (Å²) in [6.45, 7) is 0.